The molecule has 1 rings (SSSR count). The van der Waals surface area contributed by atoms with Crippen molar-refractivity contribution in [2.45, 2.75) is 70.6 Å². The van der Waals surface area contributed by atoms with E-state index in [4.69, 9.17) is 5.73 Å². The topological polar surface area (TPSA) is 26.0 Å². The first-order valence-corrected chi connectivity index (χ1v) is 8.13. The van der Waals surface area contributed by atoms with Gasteiger partial charge in [0.05, 0.1) is 0 Å². The summed E-state index contributed by atoms with van der Waals surface area (Å²) in [7, 11) is 0. The van der Waals surface area contributed by atoms with Crippen LogP contribution in [0, 0.1) is 0 Å². The van der Waals surface area contributed by atoms with Gasteiger partial charge in [-0.05, 0) is 30.9 Å². The molecule has 0 heterocycles. The van der Waals surface area contributed by atoms with E-state index in [2.05, 4.69) is 37.3 Å². The molecule has 1 aromatic rings. The molecule has 1 heteroatoms. The van der Waals surface area contributed by atoms with E-state index in [-0.39, 0.29) is 0 Å². The average Bonchev–Trinajstić information content (AvgIpc) is 2.46. The van der Waals surface area contributed by atoms with Crippen molar-refractivity contribution in [1.29, 1.82) is 0 Å². The molecular weight excluding hydrogens is 230 g/mol. The van der Waals surface area contributed by atoms with Crippen LogP contribution in [-0.4, -0.2) is 6.54 Å². The first-order chi connectivity index (χ1) is 9.38. The predicted octanol–water partition coefficient (Wildman–Crippen LogP) is 5.26. The van der Waals surface area contributed by atoms with Crippen LogP contribution in [0.1, 0.15) is 76.2 Å². The molecule has 108 valence electrons. The molecule has 0 aliphatic heterocycles. The number of unbranched alkanes of at least 4 members (excludes halogenated alkanes) is 6. The highest BCUT2D eigenvalue weighted by atomic mass is 14.5. The van der Waals surface area contributed by atoms with Gasteiger partial charge in [0.15, 0.2) is 0 Å². The zero-order valence-corrected chi connectivity index (χ0v) is 12.6. The van der Waals surface area contributed by atoms with Crippen molar-refractivity contribution in [3.05, 3.63) is 35.9 Å². The van der Waals surface area contributed by atoms with Crippen LogP contribution in [0.5, 0.6) is 0 Å². The molecule has 0 aliphatic rings. The normalized spacial score (nSPS) is 12.5. The minimum absolute atomic E-state index is 0.668. The molecule has 2 N–H and O–H groups in total. The molecule has 0 fully saturated rings. The third-order valence-electron chi connectivity index (χ3n) is 3.94. The Morgan fingerprint density at radius 3 is 2.11 bits per heavy atom. The summed E-state index contributed by atoms with van der Waals surface area (Å²) in [5.41, 5.74) is 7.22. The minimum atomic E-state index is 0.668. The molecule has 0 radical (unpaired) electrons. The summed E-state index contributed by atoms with van der Waals surface area (Å²) < 4.78 is 0. The lowest BCUT2D eigenvalue weighted by Gasteiger charge is -2.16. The van der Waals surface area contributed by atoms with Gasteiger partial charge in [0.2, 0.25) is 0 Å². The fourth-order valence-electron chi connectivity index (χ4n) is 2.75. The van der Waals surface area contributed by atoms with Gasteiger partial charge >= 0.3 is 0 Å². The number of hydrogen-bond acceptors (Lipinski definition) is 1. The second-order valence-corrected chi connectivity index (χ2v) is 5.59. The van der Waals surface area contributed by atoms with Crippen molar-refractivity contribution < 1.29 is 0 Å². The molecule has 0 bridgehead atoms. The largest absolute Gasteiger partial charge is 0.330 e. The van der Waals surface area contributed by atoms with Crippen LogP contribution in [0.15, 0.2) is 30.3 Å². The van der Waals surface area contributed by atoms with Gasteiger partial charge in [0, 0.05) is 0 Å². The highest BCUT2D eigenvalue weighted by molar-refractivity contribution is 5.19. The summed E-state index contributed by atoms with van der Waals surface area (Å²) in [5.74, 6) is 0.668. The maximum atomic E-state index is 5.75. The summed E-state index contributed by atoms with van der Waals surface area (Å²) in [6.45, 7) is 3.08. The minimum Gasteiger partial charge on any atom is -0.330 e. The number of rotatable bonds is 11. The van der Waals surface area contributed by atoms with E-state index < -0.39 is 0 Å². The van der Waals surface area contributed by atoms with Crippen molar-refractivity contribution in [3.8, 4) is 0 Å². The molecule has 1 atom stereocenters. The number of nitrogens with two attached hydrogens (primary N) is 1. The predicted molar refractivity (Wildman–Crippen MR) is 85.5 cm³/mol. The molecule has 1 nitrogen and oxygen atoms in total. The van der Waals surface area contributed by atoms with Gasteiger partial charge in [0.25, 0.3) is 0 Å². The van der Waals surface area contributed by atoms with Crippen molar-refractivity contribution >= 4 is 0 Å². The van der Waals surface area contributed by atoms with Crippen LogP contribution < -0.4 is 5.73 Å². The first kappa shape index (κ1) is 16.2. The third kappa shape index (κ3) is 7.37. The van der Waals surface area contributed by atoms with E-state index in [1.807, 2.05) is 0 Å². The Kier molecular flexibility index (Phi) is 9.44. The third-order valence-corrected chi connectivity index (χ3v) is 3.94. The van der Waals surface area contributed by atoms with Crippen LogP contribution >= 0.6 is 0 Å². The zero-order valence-electron chi connectivity index (χ0n) is 12.6. The lowest BCUT2D eigenvalue weighted by atomic mass is 9.90. The van der Waals surface area contributed by atoms with E-state index in [0.29, 0.717) is 5.92 Å². The number of hydrogen-bond donors (Lipinski definition) is 1. The van der Waals surface area contributed by atoms with Crippen LogP contribution in [-0.2, 0) is 0 Å². The van der Waals surface area contributed by atoms with Gasteiger partial charge in [-0.1, -0.05) is 82.2 Å². The molecular formula is C18H31N. The summed E-state index contributed by atoms with van der Waals surface area (Å²) in [4.78, 5) is 0. The molecule has 1 aromatic carbocycles. The lowest BCUT2D eigenvalue weighted by Crippen LogP contribution is -2.07. The van der Waals surface area contributed by atoms with Gasteiger partial charge in [-0.3, -0.25) is 0 Å². The molecule has 0 saturated heterocycles. The standard InChI is InChI=1S/C18H31N/c1-2-3-4-5-6-7-9-14-18(15-16-19)17-12-10-8-11-13-17/h8,10-13,18H,2-7,9,14-16,19H2,1H3. The summed E-state index contributed by atoms with van der Waals surface area (Å²) in [5, 5.41) is 0. The molecule has 1 unspecified atom stereocenters. The Balaban J connectivity index is 2.20. The number of benzene rings is 1. The van der Waals surface area contributed by atoms with Crippen molar-refractivity contribution in [2.24, 2.45) is 5.73 Å². The van der Waals surface area contributed by atoms with E-state index in [1.165, 1.54) is 56.9 Å². The van der Waals surface area contributed by atoms with Crippen LogP contribution in [0.3, 0.4) is 0 Å². The highest BCUT2D eigenvalue weighted by Gasteiger charge is 2.09. The first-order valence-electron chi connectivity index (χ1n) is 8.13. The molecule has 0 saturated carbocycles. The Bertz CT molecular complexity index is 294. The van der Waals surface area contributed by atoms with Crippen LogP contribution in [0.25, 0.3) is 0 Å². The van der Waals surface area contributed by atoms with Gasteiger partial charge in [-0.2, -0.15) is 0 Å². The van der Waals surface area contributed by atoms with E-state index in [0.717, 1.165) is 13.0 Å². The lowest BCUT2D eigenvalue weighted by molar-refractivity contribution is 0.517. The van der Waals surface area contributed by atoms with Crippen molar-refractivity contribution in [1.82, 2.24) is 0 Å². The van der Waals surface area contributed by atoms with Crippen LogP contribution in [0.4, 0.5) is 0 Å². The van der Waals surface area contributed by atoms with Gasteiger partial charge in [-0.25, -0.2) is 0 Å². The summed E-state index contributed by atoms with van der Waals surface area (Å²) in [6, 6.07) is 10.9. The SMILES string of the molecule is CCCCCCCCCC(CCN)c1ccccc1. The van der Waals surface area contributed by atoms with E-state index in [9.17, 15) is 0 Å². The second kappa shape index (κ2) is 11.0. The van der Waals surface area contributed by atoms with Crippen molar-refractivity contribution in [2.75, 3.05) is 6.54 Å². The molecule has 0 amide bonds. The maximum Gasteiger partial charge on any atom is -0.00714 e. The van der Waals surface area contributed by atoms with E-state index >= 15 is 0 Å². The Morgan fingerprint density at radius 2 is 1.47 bits per heavy atom. The van der Waals surface area contributed by atoms with Gasteiger partial charge in [-0.15, -0.1) is 0 Å². The fraction of sp³-hybridized carbons (Fsp3) is 0.667. The smallest absolute Gasteiger partial charge is 0.00714 e. The zero-order chi connectivity index (χ0) is 13.8. The van der Waals surface area contributed by atoms with Crippen LogP contribution in [0.2, 0.25) is 0 Å². The molecule has 19 heavy (non-hydrogen) atoms. The monoisotopic (exact) mass is 261 g/mol. The summed E-state index contributed by atoms with van der Waals surface area (Å²) >= 11 is 0. The quantitative estimate of drug-likeness (QED) is 0.540. The van der Waals surface area contributed by atoms with Gasteiger partial charge in [0.1, 0.15) is 0 Å². The average molecular weight is 261 g/mol. The Hall–Kier alpha value is -0.820. The van der Waals surface area contributed by atoms with Crippen molar-refractivity contribution in [3.63, 3.8) is 0 Å². The Labute approximate surface area is 119 Å². The highest BCUT2D eigenvalue weighted by Crippen LogP contribution is 2.25. The fourth-order valence-corrected chi connectivity index (χ4v) is 2.75. The summed E-state index contributed by atoms with van der Waals surface area (Å²) in [6.07, 6.45) is 12.1. The Morgan fingerprint density at radius 1 is 0.842 bits per heavy atom. The molecule has 0 aromatic heterocycles. The molecule has 0 spiro atoms. The van der Waals surface area contributed by atoms with Gasteiger partial charge < -0.3 is 5.73 Å². The second-order valence-electron chi connectivity index (χ2n) is 5.59. The molecule has 0 aliphatic carbocycles. The van der Waals surface area contributed by atoms with E-state index in [1.54, 1.807) is 0 Å². The maximum absolute atomic E-state index is 5.75.